The van der Waals surface area contributed by atoms with Crippen LogP contribution in [0, 0.1) is 11.8 Å². The average molecular weight is 212 g/mol. The molecular weight excluding hydrogens is 196 g/mol. The van der Waals surface area contributed by atoms with E-state index in [1.807, 2.05) is 0 Å². The van der Waals surface area contributed by atoms with Crippen molar-refractivity contribution in [2.75, 3.05) is 6.61 Å². The van der Waals surface area contributed by atoms with Crippen molar-refractivity contribution in [3.63, 3.8) is 0 Å². The lowest BCUT2D eigenvalue weighted by Crippen LogP contribution is -2.29. The first-order chi connectivity index (χ1) is 7.19. The minimum atomic E-state index is -0.385. The first-order valence-corrected chi connectivity index (χ1v) is 5.34. The highest BCUT2D eigenvalue weighted by atomic mass is 16.5. The Kier molecular flexibility index (Phi) is 4.46. The van der Waals surface area contributed by atoms with Gasteiger partial charge in [0.15, 0.2) is 12.1 Å². The molecule has 84 valence electrons. The summed E-state index contributed by atoms with van der Waals surface area (Å²) in [6.07, 6.45) is 3.12. The minimum Gasteiger partial charge on any atom is -0.466 e. The molecule has 0 N–H and O–H groups in total. The second-order valence-corrected chi connectivity index (χ2v) is 3.83. The number of ketones is 1. The highest BCUT2D eigenvalue weighted by molar-refractivity contribution is 6.26. The van der Waals surface area contributed by atoms with Gasteiger partial charge in [-0.2, -0.15) is 0 Å². The molecule has 4 heteroatoms. The van der Waals surface area contributed by atoms with Gasteiger partial charge in [0.2, 0.25) is 0 Å². The van der Waals surface area contributed by atoms with E-state index in [4.69, 9.17) is 4.74 Å². The van der Waals surface area contributed by atoms with E-state index in [0.717, 1.165) is 12.8 Å². The van der Waals surface area contributed by atoms with Crippen LogP contribution in [0.4, 0.5) is 0 Å². The van der Waals surface area contributed by atoms with Crippen LogP contribution >= 0.6 is 0 Å². The maximum Gasteiger partial charge on any atom is 0.308 e. The molecule has 1 aliphatic rings. The Hall–Kier alpha value is -1.19. The van der Waals surface area contributed by atoms with Crippen molar-refractivity contribution in [2.24, 2.45) is 11.8 Å². The quantitative estimate of drug-likeness (QED) is 0.398. The molecule has 0 aromatic heterocycles. The summed E-state index contributed by atoms with van der Waals surface area (Å²) in [5.41, 5.74) is 0. The molecule has 0 aromatic rings. The van der Waals surface area contributed by atoms with Gasteiger partial charge in [0.25, 0.3) is 0 Å². The maximum atomic E-state index is 11.4. The van der Waals surface area contributed by atoms with Crippen LogP contribution in [-0.2, 0) is 19.1 Å². The van der Waals surface area contributed by atoms with Gasteiger partial charge in [0.05, 0.1) is 12.5 Å². The first-order valence-electron chi connectivity index (χ1n) is 5.34. The Morgan fingerprint density at radius 2 is 2.00 bits per heavy atom. The summed E-state index contributed by atoms with van der Waals surface area (Å²) in [7, 11) is 0. The lowest BCUT2D eigenvalue weighted by Gasteiger charge is -2.25. The van der Waals surface area contributed by atoms with Crippen molar-refractivity contribution in [1.82, 2.24) is 0 Å². The Balaban J connectivity index is 2.52. The summed E-state index contributed by atoms with van der Waals surface area (Å²) < 4.78 is 4.90. The average Bonchev–Trinajstić information content (AvgIpc) is 2.28. The van der Waals surface area contributed by atoms with Gasteiger partial charge in [0, 0.05) is 5.92 Å². The van der Waals surface area contributed by atoms with Gasteiger partial charge in [-0.25, -0.2) is 0 Å². The molecule has 0 aromatic carbocycles. The van der Waals surface area contributed by atoms with Gasteiger partial charge in [-0.3, -0.25) is 14.4 Å². The second-order valence-electron chi connectivity index (χ2n) is 3.83. The largest absolute Gasteiger partial charge is 0.466 e. The van der Waals surface area contributed by atoms with Gasteiger partial charge < -0.3 is 4.74 Å². The number of hydrogen-bond acceptors (Lipinski definition) is 4. The highest BCUT2D eigenvalue weighted by Gasteiger charge is 2.31. The number of ether oxygens (including phenoxy) is 1. The third-order valence-electron chi connectivity index (χ3n) is 2.81. The predicted octanol–water partition coefficient (Wildman–Crippen LogP) is 1.12. The number of aldehydes is 1. The molecule has 0 spiro atoms. The van der Waals surface area contributed by atoms with E-state index >= 15 is 0 Å². The molecule has 0 bridgehead atoms. The molecule has 0 saturated heterocycles. The van der Waals surface area contributed by atoms with Crippen LogP contribution in [0.25, 0.3) is 0 Å². The summed E-state index contributed by atoms with van der Waals surface area (Å²) >= 11 is 0. The number of hydrogen-bond donors (Lipinski definition) is 0. The molecule has 0 aliphatic heterocycles. The van der Waals surface area contributed by atoms with Gasteiger partial charge in [-0.05, 0) is 26.2 Å². The minimum absolute atomic E-state index is 0.201. The SMILES string of the molecule is CCOC(=O)C1CCCC(C(=O)C=O)C1. The maximum absolute atomic E-state index is 11.4. The fourth-order valence-electron chi connectivity index (χ4n) is 2.02. The number of carbonyl (C=O) groups excluding carboxylic acids is 3. The van der Waals surface area contributed by atoms with E-state index in [0.29, 0.717) is 25.7 Å². The van der Waals surface area contributed by atoms with Crippen LogP contribution in [0.1, 0.15) is 32.6 Å². The van der Waals surface area contributed by atoms with Crippen LogP contribution in [0.5, 0.6) is 0 Å². The van der Waals surface area contributed by atoms with Crippen LogP contribution in [0.2, 0.25) is 0 Å². The molecule has 1 fully saturated rings. The lowest BCUT2D eigenvalue weighted by molar-refractivity contribution is -0.150. The normalized spacial score (nSPS) is 25.7. The zero-order valence-electron chi connectivity index (χ0n) is 8.90. The van der Waals surface area contributed by atoms with Gasteiger partial charge >= 0.3 is 5.97 Å². The summed E-state index contributed by atoms with van der Waals surface area (Å²) in [5.74, 6) is -1.09. The van der Waals surface area contributed by atoms with Crippen LogP contribution < -0.4 is 0 Å². The monoisotopic (exact) mass is 212 g/mol. The molecule has 1 aliphatic carbocycles. The van der Waals surface area contributed by atoms with E-state index in [1.165, 1.54) is 0 Å². The van der Waals surface area contributed by atoms with Crippen LogP contribution in [0.3, 0.4) is 0 Å². The molecule has 2 atom stereocenters. The molecule has 0 radical (unpaired) electrons. The highest BCUT2D eigenvalue weighted by Crippen LogP contribution is 2.30. The molecule has 4 nitrogen and oxygen atoms in total. The topological polar surface area (TPSA) is 60.4 Å². The van der Waals surface area contributed by atoms with Crippen molar-refractivity contribution in [3.05, 3.63) is 0 Å². The smallest absolute Gasteiger partial charge is 0.308 e. The van der Waals surface area contributed by atoms with Crippen molar-refractivity contribution in [3.8, 4) is 0 Å². The first kappa shape index (κ1) is 11.9. The molecule has 0 heterocycles. The van der Waals surface area contributed by atoms with Crippen molar-refractivity contribution >= 4 is 18.0 Å². The van der Waals surface area contributed by atoms with Crippen molar-refractivity contribution in [1.29, 1.82) is 0 Å². The zero-order valence-corrected chi connectivity index (χ0v) is 8.90. The molecule has 15 heavy (non-hydrogen) atoms. The number of carbonyl (C=O) groups is 3. The Bertz CT molecular complexity index is 259. The standard InChI is InChI=1S/C11H16O4/c1-2-15-11(14)9-5-3-4-8(6-9)10(13)7-12/h7-9H,2-6H2,1H3. The van der Waals surface area contributed by atoms with Gasteiger partial charge in [-0.15, -0.1) is 0 Å². The summed E-state index contributed by atoms with van der Waals surface area (Å²) in [6, 6.07) is 0. The van der Waals surface area contributed by atoms with Gasteiger partial charge in [0.1, 0.15) is 0 Å². The zero-order chi connectivity index (χ0) is 11.3. The van der Waals surface area contributed by atoms with E-state index < -0.39 is 0 Å². The van der Waals surface area contributed by atoms with Crippen LogP contribution in [0.15, 0.2) is 0 Å². The third-order valence-corrected chi connectivity index (χ3v) is 2.81. The Morgan fingerprint density at radius 1 is 1.33 bits per heavy atom. The fraction of sp³-hybridized carbons (Fsp3) is 0.727. The summed E-state index contributed by atoms with van der Waals surface area (Å²) in [4.78, 5) is 32.9. The number of esters is 1. The van der Waals surface area contributed by atoms with Gasteiger partial charge in [-0.1, -0.05) is 6.42 Å². The van der Waals surface area contributed by atoms with E-state index in [-0.39, 0.29) is 23.6 Å². The summed E-state index contributed by atoms with van der Waals surface area (Å²) in [5, 5.41) is 0. The van der Waals surface area contributed by atoms with Crippen molar-refractivity contribution in [2.45, 2.75) is 32.6 Å². The molecular formula is C11H16O4. The number of Topliss-reactive ketones (excluding diaryl/α,β-unsaturated/α-hetero) is 1. The fourth-order valence-corrected chi connectivity index (χ4v) is 2.02. The molecule has 2 unspecified atom stereocenters. The number of rotatable bonds is 4. The Labute approximate surface area is 89.0 Å². The second kappa shape index (κ2) is 5.63. The van der Waals surface area contributed by atoms with E-state index in [2.05, 4.69) is 0 Å². The predicted molar refractivity (Wildman–Crippen MR) is 53.2 cm³/mol. The van der Waals surface area contributed by atoms with Crippen molar-refractivity contribution < 1.29 is 19.1 Å². The molecule has 0 amide bonds. The molecule has 1 saturated carbocycles. The van der Waals surface area contributed by atoms with E-state index in [1.54, 1.807) is 6.92 Å². The van der Waals surface area contributed by atoms with E-state index in [9.17, 15) is 14.4 Å². The third kappa shape index (κ3) is 3.15. The molecule has 1 rings (SSSR count). The lowest BCUT2D eigenvalue weighted by atomic mass is 9.79. The summed E-state index contributed by atoms with van der Waals surface area (Å²) in [6.45, 7) is 2.12. The Morgan fingerprint density at radius 3 is 2.60 bits per heavy atom. The van der Waals surface area contributed by atoms with Crippen LogP contribution in [-0.4, -0.2) is 24.6 Å².